The number of thiocarbonyl (C=S) groups is 1. The quantitative estimate of drug-likeness (QED) is 0.0481. The maximum atomic E-state index is 14.7. The minimum absolute atomic E-state index is 0.0254. The third-order valence-corrected chi connectivity index (χ3v) is 15.3. The second kappa shape index (κ2) is 38.0. The molecule has 23 heteroatoms. The first kappa shape index (κ1) is 70.3. The standard InChI is InChI=1S/C58H94N6O16S/c1-12-41(6)53(46(73-10)38-50(68)63-23-16-19-45(63)54(74-11)42(7)56(81)59-44(58(71)72)37-43-17-14-13-15-18-43)62(9)57(70)51(39(2)3)60-55(69)52(40(4)5)61(8)47(65)22-25-75-27-29-77-31-33-79-35-36-80-34-32-78-30-28-76-26-24-64-48(66)20-21-49(64)67/h13-15,17-18,20-21,39-42,44-46,51-54H,12,16,19,22-38H2,1-11H3,(H,59,81)(H,60,69)(H,71,72)/t41-,42+,44?,45-,46+,51-,52-,53-,54+/m0/s1. The van der Waals surface area contributed by atoms with Gasteiger partial charge in [0.2, 0.25) is 23.6 Å². The number of hydrogen-bond acceptors (Lipinski definition) is 16. The van der Waals surface area contributed by atoms with Gasteiger partial charge in [0.1, 0.15) is 18.1 Å². The average molecular weight is 1160 g/mol. The van der Waals surface area contributed by atoms with Gasteiger partial charge < -0.3 is 68.3 Å². The van der Waals surface area contributed by atoms with Crippen molar-refractivity contribution in [2.24, 2.45) is 23.7 Å². The highest BCUT2D eigenvalue weighted by atomic mass is 32.1. The Hall–Kier alpha value is -4.98. The molecule has 0 aliphatic carbocycles. The zero-order chi connectivity index (χ0) is 60.0. The monoisotopic (exact) mass is 1160 g/mol. The van der Waals surface area contributed by atoms with Gasteiger partial charge in [0.15, 0.2) is 0 Å². The molecule has 1 saturated heterocycles. The number of carbonyl (C=O) groups is 7. The molecule has 0 radical (unpaired) electrons. The first-order valence-electron chi connectivity index (χ1n) is 28.4. The highest BCUT2D eigenvalue weighted by molar-refractivity contribution is 7.80. The van der Waals surface area contributed by atoms with E-state index in [2.05, 4.69) is 10.6 Å². The highest BCUT2D eigenvalue weighted by Gasteiger charge is 2.43. The summed E-state index contributed by atoms with van der Waals surface area (Å²) in [5.41, 5.74) is 0.852. The van der Waals surface area contributed by atoms with E-state index in [9.17, 15) is 38.7 Å². The molecule has 2 aliphatic heterocycles. The molecule has 3 rings (SSSR count). The van der Waals surface area contributed by atoms with Crippen molar-refractivity contribution in [2.75, 3.05) is 121 Å². The summed E-state index contributed by atoms with van der Waals surface area (Å²) in [5.74, 6) is -4.19. The third kappa shape index (κ3) is 23.3. The maximum Gasteiger partial charge on any atom is 0.326 e. The van der Waals surface area contributed by atoms with E-state index < -0.39 is 54.2 Å². The summed E-state index contributed by atoms with van der Waals surface area (Å²) in [5, 5.41) is 16.1. The summed E-state index contributed by atoms with van der Waals surface area (Å²) in [6, 6.07) is 5.59. The number of rotatable bonds is 42. The van der Waals surface area contributed by atoms with Crippen molar-refractivity contribution in [3.8, 4) is 0 Å². The Morgan fingerprint density at radius 2 is 1.26 bits per heavy atom. The number of likely N-dealkylation sites (tertiary alicyclic amines) is 1. The maximum absolute atomic E-state index is 14.7. The number of carboxylic acids is 1. The van der Waals surface area contributed by atoms with Crippen LogP contribution in [0.5, 0.6) is 0 Å². The van der Waals surface area contributed by atoms with Crippen LogP contribution >= 0.6 is 12.2 Å². The molecule has 2 aliphatic rings. The number of amides is 6. The second-order valence-corrected chi connectivity index (χ2v) is 21.6. The van der Waals surface area contributed by atoms with Gasteiger partial charge in [0.25, 0.3) is 11.8 Å². The molecule has 1 fully saturated rings. The topological polar surface area (TPSA) is 251 Å². The number of carboxylic acid groups (broad SMARTS) is 1. The van der Waals surface area contributed by atoms with Gasteiger partial charge >= 0.3 is 5.97 Å². The van der Waals surface area contributed by atoms with Crippen LogP contribution in [0.3, 0.4) is 0 Å². The zero-order valence-electron chi connectivity index (χ0n) is 49.8. The van der Waals surface area contributed by atoms with Crippen LogP contribution in [0.25, 0.3) is 0 Å². The van der Waals surface area contributed by atoms with Crippen molar-refractivity contribution in [1.29, 1.82) is 0 Å². The van der Waals surface area contributed by atoms with Crippen LogP contribution in [0.1, 0.15) is 86.1 Å². The van der Waals surface area contributed by atoms with E-state index in [1.54, 1.807) is 31.0 Å². The van der Waals surface area contributed by atoms with Crippen LogP contribution in [-0.4, -0.2) is 234 Å². The van der Waals surface area contributed by atoms with Crippen LogP contribution < -0.4 is 10.6 Å². The molecule has 0 bridgehead atoms. The summed E-state index contributed by atoms with van der Waals surface area (Å²) in [7, 11) is 6.35. The van der Waals surface area contributed by atoms with Crippen LogP contribution in [0, 0.1) is 23.7 Å². The molecule has 0 saturated carbocycles. The molecule has 6 amide bonds. The summed E-state index contributed by atoms with van der Waals surface area (Å²) < 4.78 is 45.2. The summed E-state index contributed by atoms with van der Waals surface area (Å²) in [4.78, 5) is 98.3. The van der Waals surface area contributed by atoms with E-state index in [4.69, 9.17) is 50.1 Å². The fraction of sp³-hybridized carbons (Fsp3) is 0.724. The van der Waals surface area contributed by atoms with E-state index >= 15 is 0 Å². The molecule has 3 N–H and O–H groups in total. The molecule has 2 heterocycles. The Labute approximate surface area is 485 Å². The molecule has 0 aromatic heterocycles. The van der Waals surface area contributed by atoms with Crippen LogP contribution in [0.2, 0.25) is 0 Å². The Morgan fingerprint density at radius 3 is 1.74 bits per heavy atom. The number of carbonyl (C=O) groups excluding carboxylic acids is 6. The second-order valence-electron chi connectivity index (χ2n) is 21.2. The van der Waals surface area contributed by atoms with E-state index in [1.807, 2.05) is 78.8 Å². The van der Waals surface area contributed by atoms with Gasteiger partial charge in [-0.3, -0.25) is 33.7 Å². The lowest BCUT2D eigenvalue weighted by Crippen LogP contribution is -2.60. The van der Waals surface area contributed by atoms with Gasteiger partial charge in [-0.15, -0.1) is 0 Å². The molecule has 22 nitrogen and oxygen atoms in total. The van der Waals surface area contributed by atoms with Crippen molar-refractivity contribution < 1.29 is 76.6 Å². The number of nitrogens with zero attached hydrogens (tertiary/aromatic N) is 4. The molecule has 1 aromatic carbocycles. The predicted octanol–water partition coefficient (Wildman–Crippen LogP) is 3.56. The molecular formula is C58H94N6O16S. The highest BCUT2D eigenvalue weighted by Crippen LogP contribution is 2.30. The summed E-state index contributed by atoms with van der Waals surface area (Å²) in [6.45, 7) is 17.8. The van der Waals surface area contributed by atoms with E-state index in [0.717, 1.165) is 16.9 Å². The summed E-state index contributed by atoms with van der Waals surface area (Å²) in [6.07, 6.45) is 3.49. The normalized spacial score (nSPS) is 17.4. The number of ether oxygens (including phenoxy) is 8. The van der Waals surface area contributed by atoms with Crippen LogP contribution in [0.15, 0.2) is 42.5 Å². The van der Waals surface area contributed by atoms with E-state index in [-0.39, 0.29) is 99.0 Å². The van der Waals surface area contributed by atoms with Crippen molar-refractivity contribution in [2.45, 2.75) is 129 Å². The largest absolute Gasteiger partial charge is 0.480 e. The lowest BCUT2D eigenvalue weighted by Gasteiger charge is -2.41. The SMILES string of the molecule is CC[C@H](C)[C@@H]([C@@H](CC(=O)N1CCC[C@H]1[C@H](OC)[C@@H](C)C(=S)NC(Cc1ccccc1)C(=O)O)OC)N(C)C(=O)[C@@H](NC(=O)[C@H](C(C)C)N(C)C(=O)CCOCCOCCOCCOCCOCCOCCN1C(=O)C=CC1=O)C(C)C. The van der Waals surface area contributed by atoms with E-state index in [0.29, 0.717) is 83.8 Å². The van der Waals surface area contributed by atoms with Crippen molar-refractivity contribution in [1.82, 2.24) is 30.2 Å². The number of methoxy groups -OCH3 is 2. The van der Waals surface area contributed by atoms with Crippen molar-refractivity contribution in [3.63, 3.8) is 0 Å². The molecule has 81 heavy (non-hydrogen) atoms. The van der Waals surface area contributed by atoms with Gasteiger partial charge in [-0.1, -0.05) is 97.4 Å². The molecule has 9 atom stereocenters. The van der Waals surface area contributed by atoms with E-state index in [1.165, 1.54) is 24.2 Å². The average Bonchev–Trinajstić information content (AvgIpc) is 4.06. The van der Waals surface area contributed by atoms with Gasteiger partial charge in [0, 0.05) is 59.4 Å². The lowest BCUT2D eigenvalue weighted by molar-refractivity contribution is -0.148. The molecule has 1 aromatic rings. The number of benzene rings is 1. The number of aliphatic carboxylic acids is 1. The lowest BCUT2D eigenvalue weighted by atomic mass is 9.89. The molecule has 1 unspecified atom stereocenters. The fourth-order valence-corrected chi connectivity index (χ4v) is 10.3. The van der Waals surface area contributed by atoms with Gasteiger partial charge in [-0.2, -0.15) is 0 Å². The smallest absolute Gasteiger partial charge is 0.326 e. The van der Waals surface area contributed by atoms with Gasteiger partial charge in [-0.05, 0) is 36.2 Å². The molecular weight excluding hydrogens is 1070 g/mol. The van der Waals surface area contributed by atoms with Crippen LogP contribution in [0.4, 0.5) is 0 Å². The van der Waals surface area contributed by atoms with Gasteiger partial charge in [-0.25, -0.2) is 4.79 Å². The molecule has 458 valence electrons. The van der Waals surface area contributed by atoms with Crippen LogP contribution in [-0.2, 0) is 77.9 Å². The first-order chi connectivity index (χ1) is 38.7. The Bertz CT molecular complexity index is 2120. The number of hydrogen-bond donors (Lipinski definition) is 3. The number of nitrogens with one attached hydrogen (secondary N) is 2. The van der Waals surface area contributed by atoms with Crippen molar-refractivity contribution in [3.05, 3.63) is 48.0 Å². The Morgan fingerprint density at radius 1 is 0.728 bits per heavy atom. The number of likely N-dealkylation sites (N-methyl/N-ethyl adjacent to an activating group) is 2. The predicted molar refractivity (Wildman–Crippen MR) is 307 cm³/mol. The minimum atomic E-state index is -1.03. The zero-order valence-corrected chi connectivity index (χ0v) is 50.6. The van der Waals surface area contributed by atoms with Gasteiger partial charge in [0.05, 0.1) is 128 Å². The Kier molecular flexibility index (Phi) is 33.0. The third-order valence-electron chi connectivity index (χ3n) is 14.8. The Balaban J connectivity index is 1.44. The number of imide groups is 1. The summed E-state index contributed by atoms with van der Waals surface area (Å²) >= 11 is 5.79. The van der Waals surface area contributed by atoms with Crippen molar-refractivity contribution >= 4 is 58.6 Å². The molecule has 0 spiro atoms. The fourth-order valence-electron chi connectivity index (χ4n) is 10.1. The minimum Gasteiger partial charge on any atom is -0.480 e. The first-order valence-corrected chi connectivity index (χ1v) is 28.9.